The number of likely N-dealkylation sites (N-methyl/N-ethyl adjacent to an activating group) is 1. The summed E-state index contributed by atoms with van der Waals surface area (Å²) in [4.78, 5) is 30.1. The van der Waals surface area contributed by atoms with Crippen LogP contribution in [-0.2, 0) is 11.2 Å². The summed E-state index contributed by atoms with van der Waals surface area (Å²) in [5.74, 6) is 0.0905. The molecule has 1 unspecified atom stereocenters. The zero-order valence-corrected chi connectivity index (χ0v) is 13.7. The van der Waals surface area contributed by atoms with Crippen LogP contribution in [0.25, 0.3) is 0 Å². The van der Waals surface area contributed by atoms with E-state index in [4.69, 9.17) is 4.74 Å². The van der Waals surface area contributed by atoms with E-state index in [0.717, 1.165) is 12.0 Å². The zero-order chi connectivity index (χ0) is 17.1. The van der Waals surface area contributed by atoms with E-state index < -0.39 is 6.10 Å². The number of fused-ring (bicyclic) bond motifs is 1. The first-order valence-corrected chi connectivity index (χ1v) is 7.81. The molecule has 2 amide bonds. The molecule has 1 aromatic carbocycles. The maximum Gasteiger partial charge on any atom is 0.265 e. The normalized spacial score (nSPS) is 15.9. The molecule has 2 heterocycles. The monoisotopic (exact) mass is 325 g/mol. The Bertz CT molecular complexity index is 761. The van der Waals surface area contributed by atoms with Crippen LogP contribution in [0.15, 0.2) is 42.7 Å². The first kappa shape index (κ1) is 16.0. The molecule has 0 bridgehead atoms. The third kappa shape index (κ3) is 3.22. The van der Waals surface area contributed by atoms with Crippen LogP contribution in [-0.4, -0.2) is 41.4 Å². The molecule has 0 aliphatic carbocycles. The lowest BCUT2D eigenvalue weighted by molar-refractivity contribution is -0.122. The van der Waals surface area contributed by atoms with Crippen molar-refractivity contribution in [1.29, 1.82) is 0 Å². The van der Waals surface area contributed by atoms with Gasteiger partial charge in [0.15, 0.2) is 11.9 Å². The van der Waals surface area contributed by atoms with Gasteiger partial charge in [-0.1, -0.05) is 6.07 Å². The lowest BCUT2D eigenvalue weighted by Crippen LogP contribution is -2.36. The summed E-state index contributed by atoms with van der Waals surface area (Å²) in [7, 11) is 1.76. The van der Waals surface area contributed by atoms with Gasteiger partial charge in [-0.2, -0.15) is 0 Å². The van der Waals surface area contributed by atoms with E-state index in [2.05, 4.69) is 10.3 Å². The molecule has 1 atom stereocenters. The lowest BCUT2D eigenvalue weighted by atomic mass is 10.1. The van der Waals surface area contributed by atoms with Gasteiger partial charge in [0.05, 0.1) is 11.3 Å². The van der Waals surface area contributed by atoms with Gasteiger partial charge in [-0.3, -0.25) is 14.6 Å². The maximum atomic E-state index is 12.7. The summed E-state index contributed by atoms with van der Waals surface area (Å²) in [5.41, 5.74) is 2.11. The van der Waals surface area contributed by atoms with Crippen LogP contribution in [0.3, 0.4) is 0 Å². The van der Waals surface area contributed by atoms with Crippen LogP contribution in [0, 0.1) is 0 Å². The van der Waals surface area contributed by atoms with Gasteiger partial charge < -0.3 is 15.0 Å². The molecule has 24 heavy (non-hydrogen) atoms. The molecule has 0 radical (unpaired) electrons. The average molecular weight is 325 g/mol. The highest BCUT2D eigenvalue weighted by atomic mass is 16.5. The number of ether oxygens (including phenoxy) is 1. The van der Waals surface area contributed by atoms with Crippen molar-refractivity contribution in [1.82, 2.24) is 9.88 Å². The molecular weight excluding hydrogens is 306 g/mol. The van der Waals surface area contributed by atoms with Crippen LogP contribution < -0.4 is 10.1 Å². The molecular formula is C18H19N3O3. The van der Waals surface area contributed by atoms with Gasteiger partial charge in [0, 0.05) is 26.0 Å². The summed E-state index contributed by atoms with van der Waals surface area (Å²) >= 11 is 0. The second-order valence-corrected chi connectivity index (χ2v) is 5.76. The smallest absolute Gasteiger partial charge is 0.265 e. The topological polar surface area (TPSA) is 71.5 Å². The average Bonchev–Trinajstić information content (AvgIpc) is 2.60. The van der Waals surface area contributed by atoms with Crippen molar-refractivity contribution in [3.8, 4) is 5.75 Å². The largest absolute Gasteiger partial charge is 0.478 e. The molecule has 0 spiro atoms. The quantitative estimate of drug-likeness (QED) is 0.934. The SMILES string of the molecule is CC1Oc2c(cccc2C(=O)N(C)CCc2ccncc2)NC1=O. The second-order valence-electron chi connectivity index (χ2n) is 5.76. The number of para-hydroxylation sites is 1. The van der Waals surface area contributed by atoms with E-state index in [0.29, 0.717) is 23.5 Å². The number of nitrogens with one attached hydrogen (secondary N) is 1. The van der Waals surface area contributed by atoms with E-state index in [9.17, 15) is 9.59 Å². The van der Waals surface area contributed by atoms with Crippen molar-refractivity contribution in [2.75, 3.05) is 18.9 Å². The molecule has 0 saturated heterocycles. The molecule has 0 fully saturated rings. The second kappa shape index (κ2) is 6.70. The van der Waals surface area contributed by atoms with Gasteiger partial charge in [0.25, 0.3) is 11.8 Å². The molecule has 0 saturated carbocycles. The Balaban J connectivity index is 1.75. The number of carbonyl (C=O) groups excluding carboxylic acids is 2. The summed E-state index contributed by atoms with van der Waals surface area (Å²) in [6.07, 6.45) is 3.60. The van der Waals surface area contributed by atoms with Gasteiger partial charge in [0.1, 0.15) is 0 Å². The van der Waals surface area contributed by atoms with Gasteiger partial charge in [-0.25, -0.2) is 0 Å². The number of anilines is 1. The molecule has 6 nitrogen and oxygen atoms in total. The summed E-state index contributed by atoms with van der Waals surface area (Å²) < 4.78 is 5.64. The Hall–Kier alpha value is -2.89. The number of carbonyl (C=O) groups is 2. The number of pyridine rings is 1. The summed E-state index contributed by atoms with van der Waals surface area (Å²) in [6, 6.07) is 9.05. The predicted octanol–water partition coefficient (Wildman–Crippen LogP) is 2.12. The molecule has 1 aromatic heterocycles. The molecule has 1 N–H and O–H groups in total. The Kier molecular flexibility index (Phi) is 4.46. The van der Waals surface area contributed by atoms with E-state index in [-0.39, 0.29) is 11.8 Å². The number of hydrogen-bond donors (Lipinski definition) is 1. The van der Waals surface area contributed by atoms with Crippen molar-refractivity contribution in [2.24, 2.45) is 0 Å². The first-order valence-electron chi connectivity index (χ1n) is 7.81. The minimum atomic E-state index is -0.617. The molecule has 6 heteroatoms. The van der Waals surface area contributed by atoms with E-state index in [1.807, 2.05) is 12.1 Å². The van der Waals surface area contributed by atoms with Crippen molar-refractivity contribution in [2.45, 2.75) is 19.4 Å². The van der Waals surface area contributed by atoms with Crippen LogP contribution in [0.4, 0.5) is 5.69 Å². The number of nitrogens with zero attached hydrogens (tertiary/aromatic N) is 2. The summed E-state index contributed by atoms with van der Waals surface area (Å²) in [5, 5.41) is 2.76. The van der Waals surface area contributed by atoms with Crippen LogP contribution in [0.2, 0.25) is 0 Å². The standard InChI is InChI=1S/C18H19N3O3/c1-12-17(22)20-15-5-3-4-14(16(15)24-12)18(23)21(2)11-8-13-6-9-19-10-7-13/h3-7,9-10,12H,8,11H2,1-2H3,(H,20,22). The molecule has 1 aliphatic heterocycles. The highest BCUT2D eigenvalue weighted by molar-refractivity contribution is 6.03. The fourth-order valence-corrected chi connectivity index (χ4v) is 2.55. The van der Waals surface area contributed by atoms with Crippen molar-refractivity contribution < 1.29 is 14.3 Å². The zero-order valence-electron chi connectivity index (χ0n) is 13.7. The van der Waals surface area contributed by atoms with Crippen LogP contribution in [0.1, 0.15) is 22.8 Å². The number of aromatic nitrogens is 1. The van der Waals surface area contributed by atoms with Crippen molar-refractivity contribution in [3.63, 3.8) is 0 Å². The summed E-state index contributed by atoms with van der Waals surface area (Å²) in [6.45, 7) is 2.24. The van der Waals surface area contributed by atoms with Crippen LogP contribution in [0.5, 0.6) is 5.75 Å². The lowest BCUT2D eigenvalue weighted by Gasteiger charge is -2.26. The predicted molar refractivity (Wildman–Crippen MR) is 90.1 cm³/mol. The number of amides is 2. The van der Waals surface area contributed by atoms with E-state index in [1.165, 1.54) is 0 Å². The third-order valence-electron chi connectivity index (χ3n) is 4.00. The number of benzene rings is 1. The minimum absolute atomic E-state index is 0.135. The fraction of sp³-hybridized carbons (Fsp3) is 0.278. The Morgan fingerprint density at radius 1 is 1.29 bits per heavy atom. The highest BCUT2D eigenvalue weighted by Gasteiger charge is 2.28. The van der Waals surface area contributed by atoms with Gasteiger partial charge in [0.2, 0.25) is 0 Å². The molecule has 3 rings (SSSR count). The molecule has 124 valence electrons. The van der Waals surface area contributed by atoms with Gasteiger partial charge in [-0.05, 0) is 43.2 Å². The Labute approximate surface area is 140 Å². The third-order valence-corrected chi connectivity index (χ3v) is 4.00. The Morgan fingerprint density at radius 2 is 2.04 bits per heavy atom. The fourth-order valence-electron chi connectivity index (χ4n) is 2.55. The first-order chi connectivity index (χ1) is 11.6. The molecule has 1 aliphatic rings. The molecule has 2 aromatic rings. The Morgan fingerprint density at radius 3 is 2.79 bits per heavy atom. The van der Waals surface area contributed by atoms with Crippen molar-refractivity contribution in [3.05, 3.63) is 53.9 Å². The van der Waals surface area contributed by atoms with Gasteiger partial charge in [-0.15, -0.1) is 0 Å². The van der Waals surface area contributed by atoms with Gasteiger partial charge >= 0.3 is 0 Å². The number of rotatable bonds is 4. The minimum Gasteiger partial charge on any atom is -0.478 e. The van der Waals surface area contributed by atoms with E-state index in [1.54, 1.807) is 49.5 Å². The van der Waals surface area contributed by atoms with Crippen molar-refractivity contribution >= 4 is 17.5 Å². The maximum absolute atomic E-state index is 12.7. The number of hydrogen-bond acceptors (Lipinski definition) is 4. The highest BCUT2D eigenvalue weighted by Crippen LogP contribution is 2.33. The van der Waals surface area contributed by atoms with Crippen LogP contribution >= 0.6 is 0 Å². The van der Waals surface area contributed by atoms with E-state index >= 15 is 0 Å².